The second-order valence-electron chi connectivity index (χ2n) is 6.18. The summed E-state index contributed by atoms with van der Waals surface area (Å²) in [7, 11) is 0. The number of aromatic nitrogens is 1. The molecule has 0 bridgehead atoms. The molecule has 0 aliphatic carbocycles. The Kier molecular flexibility index (Phi) is 7.89. The molecule has 0 saturated carbocycles. The number of hydrogen-bond donors (Lipinski definition) is 1. The standard InChI is InChI=1S/C18H21ClN4O4S/c1-3-4-5-8-22(11-16(24)21-18-20-10-12(2)28-18)17(25)13-6-7-14(19)15(9-13)23(26)27/h6-7,9-10H,3-5,8,11H2,1-2H3,(H,20,21,24). The van der Waals surface area contributed by atoms with Crippen molar-refractivity contribution in [2.24, 2.45) is 0 Å². The molecule has 2 rings (SSSR count). The predicted molar refractivity (Wildman–Crippen MR) is 109 cm³/mol. The van der Waals surface area contributed by atoms with Crippen molar-refractivity contribution >= 4 is 45.6 Å². The van der Waals surface area contributed by atoms with Crippen molar-refractivity contribution in [2.75, 3.05) is 18.4 Å². The van der Waals surface area contributed by atoms with E-state index in [0.29, 0.717) is 11.7 Å². The van der Waals surface area contributed by atoms with E-state index in [9.17, 15) is 19.7 Å². The first-order chi connectivity index (χ1) is 13.3. The highest BCUT2D eigenvalue weighted by Gasteiger charge is 2.22. The summed E-state index contributed by atoms with van der Waals surface area (Å²) in [6.07, 6.45) is 4.23. The van der Waals surface area contributed by atoms with Gasteiger partial charge in [-0.05, 0) is 25.5 Å². The zero-order chi connectivity index (χ0) is 20.7. The van der Waals surface area contributed by atoms with Crippen LogP contribution in [0.1, 0.15) is 41.4 Å². The van der Waals surface area contributed by atoms with Gasteiger partial charge in [-0.2, -0.15) is 0 Å². The highest BCUT2D eigenvalue weighted by Crippen LogP contribution is 2.26. The second kappa shape index (κ2) is 10.1. The maximum absolute atomic E-state index is 12.9. The fraction of sp³-hybridized carbons (Fsp3) is 0.389. The van der Waals surface area contributed by atoms with E-state index >= 15 is 0 Å². The lowest BCUT2D eigenvalue weighted by Crippen LogP contribution is -2.38. The van der Waals surface area contributed by atoms with Crippen molar-refractivity contribution in [2.45, 2.75) is 33.1 Å². The van der Waals surface area contributed by atoms with Gasteiger partial charge in [0.05, 0.1) is 4.92 Å². The molecule has 28 heavy (non-hydrogen) atoms. The topological polar surface area (TPSA) is 105 Å². The van der Waals surface area contributed by atoms with Gasteiger partial charge in [0.25, 0.3) is 11.6 Å². The number of nitro groups is 1. The summed E-state index contributed by atoms with van der Waals surface area (Å²) in [5.74, 6) is -0.830. The van der Waals surface area contributed by atoms with Crippen molar-refractivity contribution in [3.8, 4) is 0 Å². The molecule has 150 valence electrons. The van der Waals surface area contributed by atoms with Gasteiger partial charge < -0.3 is 10.2 Å². The fourth-order valence-corrected chi connectivity index (χ4v) is 3.39. The number of amides is 2. The number of nitro benzene ring substituents is 1. The lowest BCUT2D eigenvalue weighted by molar-refractivity contribution is -0.384. The number of nitrogens with one attached hydrogen (secondary N) is 1. The molecule has 0 spiro atoms. The quantitative estimate of drug-likeness (QED) is 0.367. The van der Waals surface area contributed by atoms with E-state index < -0.39 is 10.8 Å². The Balaban J connectivity index is 2.16. The molecule has 0 saturated heterocycles. The predicted octanol–water partition coefficient (Wildman–Crippen LogP) is 4.28. The number of hydrogen-bond acceptors (Lipinski definition) is 6. The molecule has 1 aromatic heterocycles. The SMILES string of the molecule is CCCCCN(CC(=O)Nc1ncc(C)s1)C(=O)c1ccc(Cl)c([N+](=O)[O-])c1. The van der Waals surface area contributed by atoms with Crippen molar-refractivity contribution in [1.82, 2.24) is 9.88 Å². The van der Waals surface area contributed by atoms with E-state index in [2.05, 4.69) is 10.3 Å². The van der Waals surface area contributed by atoms with Gasteiger partial charge in [0.15, 0.2) is 5.13 Å². The van der Waals surface area contributed by atoms with Gasteiger partial charge in [-0.15, -0.1) is 11.3 Å². The lowest BCUT2D eigenvalue weighted by atomic mass is 10.1. The molecule has 1 N–H and O–H groups in total. The zero-order valence-corrected chi connectivity index (χ0v) is 17.2. The Morgan fingerprint density at radius 3 is 2.71 bits per heavy atom. The smallest absolute Gasteiger partial charge is 0.288 e. The molecular formula is C18H21ClN4O4S. The Bertz CT molecular complexity index is 871. The van der Waals surface area contributed by atoms with Crippen LogP contribution in [0.3, 0.4) is 0 Å². The molecule has 8 nitrogen and oxygen atoms in total. The van der Waals surface area contributed by atoms with Crippen LogP contribution in [0.25, 0.3) is 0 Å². The molecule has 0 radical (unpaired) electrons. The summed E-state index contributed by atoms with van der Waals surface area (Å²) in [6.45, 7) is 4.11. The van der Waals surface area contributed by atoms with Crippen LogP contribution in [0, 0.1) is 17.0 Å². The van der Waals surface area contributed by atoms with Crippen molar-refractivity contribution in [3.63, 3.8) is 0 Å². The number of thiazole rings is 1. The van der Waals surface area contributed by atoms with Gasteiger partial charge in [0, 0.05) is 29.2 Å². The van der Waals surface area contributed by atoms with E-state index in [4.69, 9.17) is 11.6 Å². The summed E-state index contributed by atoms with van der Waals surface area (Å²) in [5, 5.41) is 14.2. The molecule has 0 fully saturated rings. The largest absolute Gasteiger partial charge is 0.329 e. The van der Waals surface area contributed by atoms with Crippen LogP contribution in [0.2, 0.25) is 5.02 Å². The van der Waals surface area contributed by atoms with Gasteiger partial charge in [0.2, 0.25) is 5.91 Å². The number of benzene rings is 1. The van der Waals surface area contributed by atoms with Crippen molar-refractivity contribution < 1.29 is 14.5 Å². The number of nitrogens with zero attached hydrogens (tertiary/aromatic N) is 3. The van der Waals surface area contributed by atoms with E-state index in [1.54, 1.807) is 6.20 Å². The van der Waals surface area contributed by atoms with Crippen LogP contribution in [0.4, 0.5) is 10.8 Å². The van der Waals surface area contributed by atoms with Crippen LogP contribution in [0.5, 0.6) is 0 Å². The van der Waals surface area contributed by atoms with Gasteiger partial charge in [-0.1, -0.05) is 31.4 Å². The van der Waals surface area contributed by atoms with Crippen LogP contribution >= 0.6 is 22.9 Å². The third-order valence-corrected chi connectivity index (χ3v) is 5.06. The Morgan fingerprint density at radius 1 is 1.36 bits per heavy atom. The summed E-state index contributed by atoms with van der Waals surface area (Å²) < 4.78 is 0. The average Bonchev–Trinajstić information content (AvgIpc) is 3.05. The Labute approximate surface area is 171 Å². The summed E-state index contributed by atoms with van der Waals surface area (Å²) >= 11 is 7.16. The molecular weight excluding hydrogens is 404 g/mol. The van der Waals surface area contributed by atoms with Gasteiger partial charge in [-0.3, -0.25) is 19.7 Å². The van der Waals surface area contributed by atoms with Crippen molar-refractivity contribution in [3.05, 3.63) is 50.0 Å². The Morgan fingerprint density at radius 2 is 2.11 bits per heavy atom. The summed E-state index contributed by atoms with van der Waals surface area (Å²) in [6, 6.07) is 3.88. The number of aryl methyl sites for hydroxylation is 1. The maximum Gasteiger partial charge on any atom is 0.288 e. The third-order valence-electron chi connectivity index (χ3n) is 3.91. The average molecular weight is 425 g/mol. The maximum atomic E-state index is 12.9. The normalized spacial score (nSPS) is 10.5. The number of rotatable bonds is 9. The molecule has 0 unspecified atom stereocenters. The van der Waals surface area contributed by atoms with E-state index in [1.165, 1.54) is 28.4 Å². The van der Waals surface area contributed by atoms with Gasteiger partial charge in [0.1, 0.15) is 11.6 Å². The first kappa shape index (κ1) is 21.8. The molecule has 0 aliphatic rings. The first-order valence-electron chi connectivity index (χ1n) is 8.77. The molecule has 0 atom stereocenters. The minimum atomic E-state index is -0.641. The van der Waals surface area contributed by atoms with E-state index in [0.717, 1.165) is 30.2 Å². The van der Waals surface area contributed by atoms with Crippen LogP contribution in [0.15, 0.2) is 24.4 Å². The van der Waals surface area contributed by atoms with Crippen LogP contribution in [-0.4, -0.2) is 39.7 Å². The summed E-state index contributed by atoms with van der Waals surface area (Å²) in [4.78, 5) is 42.1. The fourth-order valence-electron chi connectivity index (χ4n) is 2.52. The summed E-state index contributed by atoms with van der Waals surface area (Å²) in [5.41, 5.74) is -0.228. The number of unbranched alkanes of at least 4 members (excludes halogenated alkanes) is 2. The number of halogens is 1. The molecule has 2 amide bonds. The number of anilines is 1. The first-order valence-corrected chi connectivity index (χ1v) is 9.96. The number of carbonyl (C=O) groups excluding carboxylic acids is 2. The van der Waals surface area contributed by atoms with E-state index in [1.807, 2.05) is 13.8 Å². The Hall–Kier alpha value is -2.52. The molecule has 1 aromatic carbocycles. The monoisotopic (exact) mass is 424 g/mol. The minimum absolute atomic E-state index is 0.0454. The lowest BCUT2D eigenvalue weighted by Gasteiger charge is -2.22. The highest BCUT2D eigenvalue weighted by atomic mass is 35.5. The minimum Gasteiger partial charge on any atom is -0.329 e. The highest BCUT2D eigenvalue weighted by molar-refractivity contribution is 7.15. The van der Waals surface area contributed by atoms with Crippen LogP contribution < -0.4 is 5.32 Å². The van der Waals surface area contributed by atoms with Crippen molar-refractivity contribution in [1.29, 1.82) is 0 Å². The third kappa shape index (κ3) is 6.00. The van der Waals surface area contributed by atoms with E-state index in [-0.39, 0.29) is 28.7 Å². The van der Waals surface area contributed by atoms with Gasteiger partial charge in [-0.25, -0.2) is 4.98 Å². The second-order valence-corrected chi connectivity index (χ2v) is 7.82. The zero-order valence-electron chi connectivity index (χ0n) is 15.6. The molecule has 10 heteroatoms. The molecule has 0 aliphatic heterocycles. The van der Waals surface area contributed by atoms with Crippen LogP contribution in [-0.2, 0) is 4.79 Å². The molecule has 2 aromatic rings. The van der Waals surface area contributed by atoms with Gasteiger partial charge >= 0.3 is 0 Å². The number of carbonyl (C=O) groups is 2. The molecule has 1 heterocycles.